The number of nitrogens with zero attached hydrogens (tertiary/aromatic N) is 2. The molecule has 0 aliphatic carbocycles. The Morgan fingerprint density at radius 3 is 2.67 bits per heavy atom. The number of hydrogen-bond donors (Lipinski definition) is 1. The van der Waals surface area contributed by atoms with Gasteiger partial charge >= 0.3 is 0 Å². The largest absolute Gasteiger partial charge is 0.327 e. The SMILES string of the molecule is CCCCC(N)Cc1c(Cl)c(C)nn1C. The molecular formula is C11H20ClN3. The number of aromatic nitrogens is 2. The van der Waals surface area contributed by atoms with Gasteiger partial charge in [-0.1, -0.05) is 31.4 Å². The first-order chi connectivity index (χ1) is 7.06. The Kier molecular flexibility index (Phi) is 4.61. The molecule has 1 aromatic rings. The molecule has 86 valence electrons. The third-order valence-electron chi connectivity index (χ3n) is 2.65. The van der Waals surface area contributed by atoms with E-state index in [0.29, 0.717) is 0 Å². The minimum atomic E-state index is 0.192. The summed E-state index contributed by atoms with van der Waals surface area (Å²) in [7, 11) is 1.92. The van der Waals surface area contributed by atoms with Crippen LogP contribution in [-0.4, -0.2) is 15.8 Å². The predicted octanol–water partition coefficient (Wildman–Crippen LogP) is 2.44. The molecule has 0 spiro atoms. The molecule has 0 aliphatic rings. The zero-order chi connectivity index (χ0) is 11.4. The van der Waals surface area contributed by atoms with Crippen LogP contribution in [0.2, 0.25) is 5.02 Å². The summed E-state index contributed by atoms with van der Waals surface area (Å²) >= 11 is 6.15. The second-order valence-electron chi connectivity index (χ2n) is 4.08. The summed E-state index contributed by atoms with van der Waals surface area (Å²) < 4.78 is 1.84. The van der Waals surface area contributed by atoms with Crippen molar-refractivity contribution in [1.82, 2.24) is 9.78 Å². The zero-order valence-corrected chi connectivity index (χ0v) is 10.5. The fourth-order valence-corrected chi connectivity index (χ4v) is 1.96. The van der Waals surface area contributed by atoms with Crippen LogP contribution in [0.15, 0.2) is 0 Å². The van der Waals surface area contributed by atoms with Crippen LogP contribution in [0.3, 0.4) is 0 Å². The highest BCUT2D eigenvalue weighted by Gasteiger charge is 2.13. The topological polar surface area (TPSA) is 43.8 Å². The van der Waals surface area contributed by atoms with E-state index in [1.807, 2.05) is 18.7 Å². The van der Waals surface area contributed by atoms with Crippen LogP contribution in [0, 0.1) is 6.92 Å². The molecule has 0 fully saturated rings. The van der Waals surface area contributed by atoms with Crippen molar-refractivity contribution in [3.63, 3.8) is 0 Å². The molecule has 1 unspecified atom stereocenters. The Morgan fingerprint density at radius 1 is 1.53 bits per heavy atom. The molecule has 0 aromatic carbocycles. The van der Waals surface area contributed by atoms with Gasteiger partial charge in [-0.3, -0.25) is 4.68 Å². The molecule has 0 aliphatic heterocycles. The van der Waals surface area contributed by atoms with Gasteiger partial charge in [-0.2, -0.15) is 5.10 Å². The third-order valence-corrected chi connectivity index (χ3v) is 3.14. The molecule has 1 heterocycles. The summed E-state index contributed by atoms with van der Waals surface area (Å²) in [5.74, 6) is 0. The van der Waals surface area contributed by atoms with Gasteiger partial charge in [0.15, 0.2) is 0 Å². The first-order valence-electron chi connectivity index (χ1n) is 5.49. The fourth-order valence-electron chi connectivity index (χ4n) is 1.72. The maximum absolute atomic E-state index is 6.15. The molecule has 1 rings (SSSR count). The molecule has 2 N–H and O–H groups in total. The average molecular weight is 230 g/mol. The van der Waals surface area contributed by atoms with Crippen LogP contribution in [-0.2, 0) is 13.5 Å². The van der Waals surface area contributed by atoms with Crippen LogP contribution in [0.4, 0.5) is 0 Å². The Hall–Kier alpha value is -0.540. The van der Waals surface area contributed by atoms with Crippen LogP contribution in [0.25, 0.3) is 0 Å². The van der Waals surface area contributed by atoms with Crippen molar-refractivity contribution in [1.29, 1.82) is 0 Å². The van der Waals surface area contributed by atoms with Gasteiger partial charge in [0.25, 0.3) is 0 Å². The molecule has 1 atom stereocenters. The number of nitrogens with two attached hydrogens (primary N) is 1. The molecule has 0 saturated heterocycles. The molecule has 0 radical (unpaired) electrons. The number of rotatable bonds is 5. The van der Waals surface area contributed by atoms with Crippen molar-refractivity contribution >= 4 is 11.6 Å². The molecule has 0 saturated carbocycles. The van der Waals surface area contributed by atoms with E-state index in [-0.39, 0.29) is 6.04 Å². The average Bonchev–Trinajstić information content (AvgIpc) is 2.42. The minimum Gasteiger partial charge on any atom is -0.327 e. The van der Waals surface area contributed by atoms with Gasteiger partial charge in [-0.25, -0.2) is 0 Å². The Morgan fingerprint density at radius 2 is 2.20 bits per heavy atom. The normalized spacial score (nSPS) is 13.1. The standard InChI is InChI=1S/C11H20ClN3/c1-4-5-6-9(13)7-10-11(12)8(2)14-15(10)3/h9H,4-7,13H2,1-3H3. The van der Waals surface area contributed by atoms with Crippen molar-refractivity contribution in [2.45, 2.75) is 45.6 Å². The molecule has 1 aromatic heterocycles. The van der Waals surface area contributed by atoms with Crippen molar-refractivity contribution < 1.29 is 0 Å². The van der Waals surface area contributed by atoms with Crippen LogP contribution >= 0.6 is 11.6 Å². The second kappa shape index (κ2) is 5.52. The second-order valence-corrected chi connectivity index (χ2v) is 4.45. The maximum Gasteiger partial charge on any atom is 0.0847 e. The molecule has 3 nitrogen and oxygen atoms in total. The Labute approximate surface area is 96.6 Å². The van der Waals surface area contributed by atoms with E-state index in [9.17, 15) is 0 Å². The van der Waals surface area contributed by atoms with E-state index in [4.69, 9.17) is 17.3 Å². The van der Waals surface area contributed by atoms with Crippen LogP contribution in [0.1, 0.15) is 37.6 Å². The van der Waals surface area contributed by atoms with E-state index >= 15 is 0 Å². The molecule has 0 amide bonds. The van der Waals surface area contributed by atoms with E-state index in [2.05, 4.69) is 12.0 Å². The van der Waals surface area contributed by atoms with Gasteiger partial charge in [0.1, 0.15) is 0 Å². The molecule has 4 heteroatoms. The highest BCUT2D eigenvalue weighted by Crippen LogP contribution is 2.21. The van der Waals surface area contributed by atoms with Crippen LogP contribution < -0.4 is 5.73 Å². The van der Waals surface area contributed by atoms with Gasteiger partial charge in [0, 0.05) is 19.5 Å². The fraction of sp³-hybridized carbons (Fsp3) is 0.727. The summed E-state index contributed by atoms with van der Waals surface area (Å²) in [6.07, 6.45) is 4.23. The summed E-state index contributed by atoms with van der Waals surface area (Å²) in [4.78, 5) is 0. The van der Waals surface area contributed by atoms with Crippen molar-refractivity contribution in [3.8, 4) is 0 Å². The molecule has 15 heavy (non-hydrogen) atoms. The number of hydrogen-bond acceptors (Lipinski definition) is 2. The highest BCUT2D eigenvalue weighted by atomic mass is 35.5. The van der Waals surface area contributed by atoms with E-state index in [1.165, 1.54) is 12.8 Å². The maximum atomic E-state index is 6.15. The van der Waals surface area contributed by atoms with E-state index in [0.717, 1.165) is 29.3 Å². The summed E-state index contributed by atoms with van der Waals surface area (Å²) in [5.41, 5.74) is 7.98. The van der Waals surface area contributed by atoms with Gasteiger partial charge in [-0.05, 0) is 13.3 Å². The van der Waals surface area contributed by atoms with E-state index in [1.54, 1.807) is 0 Å². The van der Waals surface area contributed by atoms with Gasteiger partial charge < -0.3 is 5.73 Å². The summed E-state index contributed by atoms with van der Waals surface area (Å²) in [6.45, 7) is 4.09. The van der Waals surface area contributed by atoms with Crippen molar-refractivity contribution in [2.24, 2.45) is 12.8 Å². The lowest BCUT2D eigenvalue weighted by Gasteiger charge is -2.11. The smallest absolute Gasteiger partial charge is 0.0847 e. The third kappa shape index (κ3) is 3.21. The predicted molar refractivity (Wildman–Crippen MR) is 64.2 cm³/mol. The van der Waals surface area contributed by atoms with Gasteiger partial charge in [0.05, 0.1) is 16.4 Å². The van der Waals surface area contributed by atoms with Crippen LogP contribution in [0.5, 0.6) is 0 Å². The van der Waals surface area contributed by atoms with Crippen molar-refractivity contribution in [3.05, 3.63) is 16.4 Å². The highest BCUT2D eigenvalue weighted by molar-refractivity contribution is 6.31. The quantitative estimate of drug-likeness (QED) is 0.843. The number of unbranched alkanes of at least 4 members (excludes halogenated alkanes) is 1. The van der Waals surface area contributed by atoms with Crippen molar-refractivity contribution in [2.75, 3.05) is 0 Å². The Balaban J connectivity index is 2.63. The molecule has 0 bridgehead atoms. The first kappa shape index (κ1) is 12.5. The Bertz CT molecular complexity index is 320. The zero-order valence-electron chi connectivity index (χ0n) is 9.76. The minimum absolute atomic E-state index is 0.192. The summed E-state index contributed by atoms with van der Waals surface area (Å²) in [5, 5.41) is 5.04. The lowest BCUT2D eigenvalue weighted by atomic mass is 10.1. The summed E-state index contributed by atoms with van der Waals surface area (Å²) in [6, 6.07) is 0.192. The van der Waals surface area contributed by atoms with Gasteiger partial charge in [-0.15, -0.1) is 0 Å². The van der Waals surface area contributed by atoms with E-state index < -0.39 is 0 Å². The number of halogens is 1. The number of aryl methyl sites for hydroxylation is 2. The monoisotopic (exact) mass is 229 g/mol. The molecular weight excluding hydrogens is 210 g/mol. The van der Waals surface area contributed by atoms with Gasteiger partial charge in [0.2, 0.25) is 0 Å². The lowest BCUT2D eigenvalue weighted by molar-refractivity contribution is 0.552. The first-order valence-corrected chi connectivity index (χ1v) is 5.87. The lowest BCUT2D eigenvalue weighted by Crippen LogP contribution is -2.24.